The van der Waals surface area contributed by atoms with Crippen molar-refractivity contribution in [1.29, 1.82) is 0 Å². The average molecular weight is 306 g/mol. The zero-order chi connectivity index (χ0) is 16.3. The van der Waals surface area contributed by atoms with Gasteiger partial charge in [-0.25, -0.2) is 4.39 Å². The van der Waals surface area contributed by atoms with E-state index in [2.05, 4.69) is 26.1 Å². The second-order valence-corrected chi connectivity index (χ2v) is 7.54. The van der Waals surface area contributed by atoms with Crippen molar-refractivity contribution in [3.63, 3.8) is 0 Å². The van der Waals surface area contributed by atoms with Gasteiger partial charge in [-0.05, 0) is 42.9 Å². The molecule has 0 aliphatic carbocycles. The normalized spacial score (nSPS) is 19.1. The summed E-state index contributed by atoms with van der Waals surface area (Å²) >= 11 is 0. The second-order valence-electron chi connectivity index (χ2n) is 7.54. The molecule has 1 heterocycles. The van der Waals surface area contributed by atoms with Gasteiger partial charge in [-0.15, -0.1) is 0 Å². The summed E-state index contributed by atoms with van der Waals surface area (Å²) in [5, 5.41) is 3.27. The van der Waals surface area contributed by atoms with E-state index in [0.29, 0.717) is 18.7 Å². The number of anilines is 1. The third-order valence-corrected chi connectivity index (χ3v) is 3.94. The van der Waals surface area contributed by atoms with Crippen LogP contribution in [0, 0.1) is 18.2 Å². The van der Waals surface area contributed by atoms with Crippen LogP contribution in [0.1, 0.15) is 45.6 Å². The highest BCUT2D eigenvalue weighted by Crippen LogP contribution is 2.23. The minimum Gasteiger partial charge on any atom is -0.378 e. The Labute approximate surface area is 132 Å². The van der Waals surface area contributed by atoms with Gasteiger partial charge in [-0.3, -0.25) is 4.79 Å². The van der Waals surface area contributed by atoms with Gasteiger partial charge in [0.05, 0.1) is 5.69 Å². The lowest BCUT2D eigenvalue weighted by atomic mass is 9.91. The Morgan fingerprint density at radius 1 is 1.41 bits per heavy atom. The van der Waals surface area contributed by atoms with Crippen LogP contribution in [-0.4, -0.2) is 29.9 Å². The molecule has 1 aliphatic heterocycles. The number of hydrogen-bond acceptors (Lipinski definition) is 2. The summed E-state index contributed by atoms with van der Waals surface area (Å²) in [6, 6.07) is 5.20. The predicted molar refractivity (Wildman–Crippen MR) is 88.4 cm³/mol. The molecule has 1 fully saturated rings. The Balaban J connectivity index is 1.98. The van der Waals surface area contributed by atoms with Crippen molar-refractivity contribution in [1.82, 2.24) is 4.90 Å². The number of amides is 1. The van der Waals surface area contributed by atoms with Crippen molar-refractivity contribution >= 4 is 11.6 Å². The number of nitrogens with one attached hydrogen (secondary N) is 1. The van der Waals surface area contributed by atoms with E-state index in [-0.39, 0.29) is 23.2 Å². The van der Waals surface area contributed by atoms with Crippen molar-refractivity contribution < 1.29 is 9.18 Å². The molecule has 1 atom stereocenters. The number of rotatable bonds is 3. The van der Waals surface area contributed by atoms with Gasteiger partial charge >= 0.3 is 0 Å². The first-order valence-electron chi connectivity index (χ1n) is 8.05. The molecule has 2 rings (SSSR count). The van der Waals surface area contributed by atoms with Gasteiger partial charge in [0.15, 0.2) is 0 Å². The lowest BCUT2D eigenvalue weighted by molar-refractivity contribution is -0.134. The summed E-state index contributed by atoms with van der Waals surface area (Å²) in [6.45, 7) is 9.64. The molecule has 1 N–H and O–H groups in total. The molecule has 122 valence electrons. The Kier molecular flexibility index (Phi) is 5.09. The fraction of sp³-hybridized carbons (Fsp3) is 0.611. The first-order chi connectivity index (χ1) is 10.2. The molecular formula is C18H27FN2O. The Bertz CT molecular complexity index is 536. The summed E-state index contributed by atoms with van der Waals surface area (Å²) in [5.41, 5.74) is 1.57. The van der Waals surface area contributed by atoms with Crippen LogP contribution < -0.4 is 5.32 Å². The van der Waals surface area contributed by atoms with Crippen LogP contribution in [0.5, 0.6) is 0 Å². The SMILES string of the molecule is Cc1ccc(F)c(NC2CCCN(C(=O)CC(C)(C)C)C2)c1. The molecule has 4 heteroatoms. The third kappa shape index (κ3) is 4.72. The van der Waals surface area contributed by atoms with E-state index in [9.17, 15) is 9.18 Å². The zero-order valence-corrected chi connectivity index (χ0v) is 14.1. The van der Waals surface area contributed by atoms with Crippen molar-refractivity contribution in [3.8, 4) is 0 Å². The Morgan fingerprint density at radius 3 is 2.82 bits per heavy atom. The summed E-state index contributed by atoms with van der Waals surface area (Å²) in [4.78, 5) is 14.3. The lowest BCUT2D eigenvalue weighted by Crippen LogP contribution is -2.46. The van der Waals surface area contributed by atoms with Gasteiger partial charge in [-0.2, -0.15) is 0 Å². The number of carbonyl (C=O) groups is 1. The minimum atomic E-state index is -0.233. The van der Waals surface area contributed by atoms with Crippen molar-refractivity contribution in [2.45, 2.75) is 53.0 Å². The molecule has 1 aliphatic rings. The quantitative estimate of drug-likeness (QED) is 0.916. The highest BCUT2D eigenvalue weighted by molar-refractivity contribution is 5.77. The largest absolute Gasteiger partial charge is 0.378 e. The fourth-order valence-electron chi connectivity index (χ4n) is 2.86. The van der Waals surface area contributed by atoms with Crippen LogP contribution in [0.3, 0.4) is 0 Å². The van der Waals surface area contributed by atoms with Gasteiger partial charge in [0.1, 0.15) is 5.82 Å². The molecule has 1 aromatic carbocycles. The monoisotopic (exact) mass is 306 g/mol. The predicted octanol–water partition coefficient (Wildman–Crippen LogP) is 3.97. The smallest absolute Gasteiger partial charge is 0.223 e. The molecule has 22 heavy (non-hydrogen) atoms. The molecular weight excluding hydrogens is 279 g/mol. The van der Waals surface area contributed by atoms with E-state index < -0.39 is 0 Å². The van der Waals surface area contributed by atoms with Gasteiger partial charge in [0.2, 0.25) is 5.91 Å². The van der Waals surface area contributed by atoms with Gasteiger partial charge in [0, 0.05) is 25.6 Å². The number of hydrogen-bond donors (Lipinski definition) is 1. The first kappa shape index (κ1) is 16.8. The Morgan fingerprint density at radius 2 is 2.14 bits per heavy atom. The van der Waals surface area contributed by atoms with E-state index in [1.807, 2.05) is 17.9 Å². The molecule has 1 amide bonds. The second kappa shape index (κ2) is 6.67. The van der Waals surface area contributed by atoms with E-state index in [1.165, 1.54) is 6.07 Å². The maximum atomic E-state index is 13.9. The van der Waals surface area contributed by atoms with Crippen LogP contribution in [0.25, 0.3) is 0 Å². The van der Waals surface area contributed by atoms with Crippen molar-refractivity contribution in [2.75, 3.05) is 18.4 Å². The molecule has 0 radical (unpaired) electrons. The molecule has 0 aromatic heterocycles. The van der Waals surface area contributed by atoms with Gasteiger partial charge in [-0.1, -0.05) is 26.8 Å². The van der Waals surface area contributed by atoms with Gasteiger partial charge < -0.3 is 10.2 Å². The summed E-state index contributed by atoms with van der Waals surface area (Å²) < 4.78 is 13.9. The number of nitrogens with zero attached hydrogens (tertiary/aromatic N) is 1. The molecule has 0 bridgehead atoms. The number of likely N-dealkylation sites (tertiary alicyclic amines) is 1. The lowest BCUT2D eigenvalue weighted by Gasteiger charge is -2.35. The van der Waals surface area contributed by atoms with Crippen LogP contribution in [0.4, 0.5) is 10.1 Å². The van der Waals surface area contributed by atoms with Crippen molar-refractivity contribution in [2.24, 2.45) is 5.41 Å². The number of aryl methyl sites for hydroxylation is 1. The molecule has 0 spiro atoms. The van der Waals surface area contributed by atoms with Crippen LogP contribution in [0.15, 0.2) is 18.2 Å². The van der Waals surface area contributed by atoms with E-state index in [0.717, 1.165) is 24.9 Å². The fourth-order valence-corrected chi connectivity index (χ4v) is 2.86. The van der Waals surface area contributed by atoms with Crippen LogP contribution in [0.2, 0.25) is 0 Å². The number of carbonyl (C=O) groups excluding carboxylic acids is 1. The highest BCUT2D eigenvalue weighted by atomic mass is 19.1. The summed E-state index contributed by atoms with van der Waals surface area (Å²) in [6.07, 6.45) is 2.48. The average Bonchev–Trinajstić information content (AvgIpc) is 2.41. The number of piperidine rings is 1. The van der Waals surface area contributed by atoms with Crippen LogP contribution >= 0.6 is 0 Å². The van der Waals surface area contributed by atoms with E-state index in [1.54, 1.807) is 6.07 Å². The van der Waals surface area contributed by atoms with E-state index >= 15 is 0 Å². The standard InChI is InChI=1S/C18H27FN2O/c1-13-7-8-15(19)16(10-13)20-14-6-5-9-21(12-14)17(22)11-18(2,3)4/h7-8,10,14,20H,5-6,9,11-12H2,1-4H3. The number of halogens is 1. The molecule has 0 saturated carbocycles. The first-order valence-corrected chi connectivity index (χ1v) is 8.05. The zero-order valence-electron chi connectivity index (χ0n) is 14.1. The van der Waals surface area contributed by atoms with Crippen molar-refractivity contribution in [3.05, 3.63) is 29.6 Å². The molecule has 1 saturated heterocycles. The topological polar surface area (TPSA) is 32.3 Å². The third-order valence-electron chi connectivity index (χ3n) is 3.94. The highest BCUT2D eigenvalue weighted by Gasteiger charge is 2.26. The molecule has 1 unspecified atom stereocenters. The molecule has 3 nitrogen and oxygen atoms in total. The van der Waals surface area contributed by atoms with Crippen LogP contribution in [-0.2, 0) is 4.79 Å². The maximum Gasteiger partial charge on any atom is 0.223 e. The maximum absolute atomic E-state index is 13.9. The summed E-state index contributed by atoms with van der Waals surface area (Å²) in [7, 11) is 0. The van der Waals surface area contributed by atoms with Gasteiger partial charge in [0.25, 0.3) is 0 Å². The number of benzene rings is 1. The molecule has 1 aromatic rings. The summed E-state index contributed by atoms with van der Waals surface area (Å²) in [5.74, 6) is -0.0348. The van der Waals surface area contributed by atoms with E-state index in [4.69, 9.17) is 0 Å². The Hall–Kier alpha value is -1.58. The minimum absolute atomic E-state index is 0.000105.